The van der Waals surface area contributed by atoms with Gasteiger partial charge in [-0.25, -0.2) is 0 Å². The van der Waals surface area contributed by atoms with Crippen LogP contribution in [0.15, 0.2) is 83.5 Å². The minimum atomic E-state index is -1.65. The molecule has 20 heavy (non-hydrogen) atoms. The van der Waals surface area contributed by atoms with Crippen molar-refractivity contribution >= 4 is 23.4 Å². The summed E-state index contributed by atoms with van der Waals surface area (Å²) in [5.41, 5.74) is 1.11. The molecule has 0 radical (unpaired) electrons. The lowest BCUT2D eigenvalue weighted by molar-refractivity contribution is 0.602. The van der Waals surface area contributed by atoms with E-state index in [1.807, 2.05) is 6.07 Å². The average Bonchev–Trinajstić information content (AvgIpc) is 3.06. The normalized spacial score (nSPS) is 11.4. The van der Waals surface area contributed by atoms with Gasteiger partial charge in [0.05, 0.1) is 12.4 Å². The highest BCUT2D eigenvalue weighted by Gasteiger charge is 2.46. The van der Waals surface area contributed by atoms with Gasteiger partial charge < -0.3 is 4.42 Å². The van der Waals surface area contributed by atoms with Crippen molar-refractivity contribution in [2.75, 3.05) is 6.16 Å². The molecule has 3 aromatic rings. The lowest BCUT2D eigenvalue weighted by Crippen LogP contribution is -2.31. The molecule has 0 aliphatic heterocycles. The first-order chi connectivity index (χ1) is 9.88. The Hall–Kier alpha value is -1.85. The number of hydrogen-bond acceptors (Lipinski definition) is 1. The van der Waals surface area contributed by atoms with Crippen molar-refractivity contribution < 1.29 is 4.42 Å². The van der Waals surface area contributed by atoms with Gasteiger partial charge in [-0.3, -0.25) is 0 Å². The summed E-state index contributed by atoms with van der Waals surface area (Å²) in [5.74, 6) is 0. The summed E-state index contributed by atoms with van der Waals surface area (Å²) in [7, 11) is -1.65. The summed E-state index contributed by atoms with van der Waals surface area (Å²) in [5, 5.41) is 2.76. The fourth-order valence-electron chi connectivity index (χ4n) is 2.78. The third-order valence-electron chi connectivity index (χ3n) is 3.75. The molecule has 0 fully saturated rings. The van der Waals surface area contributed by atoms with Crippen molar-refractivity contribution in [3.05, 3.63) is 79.1 Å². The highest BCUT2D eigenvalue weighted by atomic mass is 31.2. The van der Waals surface area contributed by atoms with Gasteiger partial charge in [-0.15, -0.1) is 0 Å². The fraction of sp³-hybridized carbons (Fsp3) is 0.111. The third kappa shape index (κ3) is 2.09. The van der Waals surface area contributed by atoms with Gasteiger partial charge in [0.1, 0.15) is 17.9 Å². The second-order valence-corrected chi connectivity index (χ2v) is 8.47. The van der Waals surface area contributed by atoms with E-state index in [0.717, 1.165) is 11.7 Å². The molecule has 0 N–H and O–H groups in total. The van der Waals surface area contributed by atoms with Gasteiger partial charge in [-0.1, -0.05) is 36.4 Å². The van der Waals surface area contributed by atoms with E-state index in [-0.39, 0.29) is 0 Å². The van der Waals surface area contributed by atoms with Crippen LogP contribution in [0.1, 0.15) is 6.92 Å². The standard InChI is InChI=1S/C18H18OP/c1-2-20(18-14-9-15-19-18,16-10-5-3-6-11-16)17-12-7-4-8-13-17/h3-15H,2H2,1H3/q+1. The van der Waals surface area contributed by atoms with E-state index in [1.54, 1.807) is 6.26 Å². The smallest absolute Gasteiger partial charge is 0.255 e. The van der Waals surface area contributed by atoms with E-state index < -0.39 is 7.26 Å². The third-order valence-corrected chi connectivity index (χ3v) is 8.07. The Morgan fingerprint density at radius 2 is 1.30 bits per heavy atom. The Morgan fingerprint density at radius 1 is 0.750 bits per heavy atom. The summed E-state index contributed by atoms with van der Waals surface area (Å²) in [6, 6.07) is 25.6. The molecular weight excluding hydrogens is 263 g/mol. The first-order valence-electron chi connectivity index (χ1n) is 6.91. The molecule has 0 saturated carbocycles. The number of hydrogen-bond donors (Lipinski definition) is 0. The minimum Gasteiger partial charge on any atom is -0.434 e. The summed E-state index contributed by atoms with van der Waals surface area (Å²) < 4.78 is 5.85. The van der Waals surface area contributed by atoms with Crippen LogP contribution in [0.5, 0.6) is 0 Å². The molecule has 0 bridgehead atoms. The van der Waals surface area contributed by atoms with Crippen LogP contribution in [0.25, 0.3) is 0 Å². The van der Waals surface area contributed by atoms with Gasteiger partial charge >= 0.3 is 0 Å². The van der Waals surface area contributed by atoms with Crippen molar-refractivity contribution in [3.8, 4) is 0 Å². The molecule has 0 unspecified atom stereocenters. The fourth-order valence-corrected chi connectivity index (χ4v) is 6.57. The zero-order chi connectivity index (χ0) is 13.8. The van der Waals surface area contributed by atoms with Crippen LogP contribution in [0, 0.1) is 0 Å². The van der Waals surface area contributed by atoms with E-state index in [1.165, 1.54) is 10.6 Å². The molecule has 1 aromatic heterocycles. The SMILES string of the molecule is CC[P+](c1ccccc1)(c1ccccc1)c1ccco1. The van der Waals surface area contributed by atoms with Crippen molar-refractivity contribution in [1.82, 2.24) is 0 Å². The molecule has 0 atom stereocenters. The lowest BCUT2D eigenvalue weighted by atomic mass is 10.4. The highest BCUT2D eigenvalue weighted by molar-refractivity contribution is 7.95. The first kappa shape index (κ1) is 13.1. The Labute approximate surface area is 120 Å². The molecule has 0 saturated heterocycles. The minimum absolute atomic E-state index is 1.06. The van der Waals surface area contributed by atoms with E-state index >= 15 is 0 Å². The molecule has 0 aliphatic carbocycles. The molecule has 2 heteroatoms. The zero-order valence-corrected chi connectivity index (χ0v) is 12.5. The molecule has 100 valence electrons. The molecule has 0 aliphatic rings. The largest absolute Gasteiger partial charge is 0.434 e. The Kier molecular flexibility index (Phi) is 3.71. The highest BCUT2D eigenvalue weighted by Crippen LogP contribution is 2.54. The van der Waals surface area contributed by atoms with Crippen molar-refractivity contribution in [2.24, 2.45) is 0 Å². The Bertz CT molecular complexity index is 605. The topological polar surface area (TPSA) is 13.1 Å². The van der Waals surface area contributed by atoms with Crippen molar-refractivity contribution in [3.63, 3.8) is 0 Å². The maximum atomic E-state index is 5.85. The molecule has 1 nitrogen and oxygen atoms in total. The van der Waals surface area contributed by atoms with Gasteiger partial charge in [0.25, 0.3) is 5.50 Å². The van der Waals surface area contributed by atoms with Crippen LogP contribution in [0.2, 0.25) is 0 Å². The van der Waals surface area contributed by atoms with Crippen molar-refractivity contribution in [1.29, 1.82) is 0 Å². The second kappa shape index (κ2) is 5.64. The van der Waals surface area contributed by atoms with Gasteiger partial charge in [-0.05, 0) is 37.3 Å². The number of benzene rings is 2. The summed E-state index contributed by atoms with van der Waals surface area (Å²) >= 11 is 0. The predicted octanol–water partition coefficient (Wildman–Crippen LogP) is 3.59. The molecular formula is C18H18OP+. The Balaban J connectivity index is 2.27. The van der Waals surface area contributed by atoms with Crippen LogP contribution in [-0.4, -0.2) is 6.16 Å². The molecule has 0 spiro atoms. The van der Waals surface area contributed by atoms with Crippen LogP contribution in [-0.2, 0) is 0 Å². The van der Waals surface area contributed by atoms with E-state index in [2.05, 4.69) is 73.7 Å². The Morgan fingerprint density at radius 3 is 1.70 bits per heavy atom. The monoisotopic (exact) mass is 281 g/mol. The number of furan rings is 1. The molecule has 1 heterocycles. The maximum absolute atomic E-state index is 5.85. The summed E-state index contributed by atoms with van der Waals surface area (Å²) in [4.78, 5) is 0. The quantitative estimate of drug-likeness (QED) is 0.666. The van der Waals surface area contributed by atoms with E-state index in [9.17, 15) is 0 Å². The first-order valence-corrected chi connectivity index (χ1v) is 8.88. The van der Waals surface area contributed by atoms with Crippen LogP contribution in [0.3, 0.4) is 0 Å². The van der Waals surface area contributed by atoms with Crippen LogP contribution < -0.4 is 16.1 Å². The van der Waals surface area contributed by atoms with Gasteiger partial charge in [0.2, 0.25) is 0 Å². The lowest BCUT2D eigenvalue weighted by Gasteiger charge is -2.23. The van der Waals surface area contributed by atoms with Crippen LogP contribution in [0.4, 0.5) is 0 Å². The predicted molar refractivity (Wildman–Crippen MR) is 88.0 cm³/mol. The summed E-state index contributed by atoms with van der Waals surface area (Å²) in [6.07, 6.45) is 2.85. The van der Waals surface area contributed by atoms with Crippen molar-refractivity contribution in [2.45, 2.75) is 6.92 Å². The average molecular weight is 281 g/mol. The van der Waals surface area contributed by atoms with Gasteiger partial charge in [0.15, 0.2) is 0 Å². The van der Waals surface area contributed by atoms with E-state index in [0.29, 0.717) is 0 Å². The van der Waals surface area contributed by atoms with Crippen LogP contribution >= 0.6 is 7.26 Å². The second-order valence-electron chi connectivity index (χ2n) is 4.75. The zero-order valence-electron chi connectivity index (χ0n) is 11.6. The van der Waals surface area contributed by atoms with Gasteiger partial charge in [-0.2, -0.15) is 0 Å². The number of rotatable bonds is 4. The molecule has 0 amide bonds. The van der Waals surface area contributed by atoms with E-state index in [4.69, 9.17) is 4.42 Å². The molecule has 2 aromatic carbocycles. The maximum Gasteiger partial charge on any atom is 0.255 e. The van der Waals surface area contributed by atoms with Gasteiger partial charge in [0, 0.05) is 6.07 Å². The molecule has 3 rings (SSSR count). The summed E-state index contributed by atoms with van der Waals surface area (Å²) in [6.45, 7) is 2.26.